The van der Waals surface area contributed by atoms with Gasteiger partial charge in [0.1, 0.15) is 5.54 Å². The fourth-order valence-electron chi connectivity index (χ4n) is 1.66. The quantitative estimate of drug-likeness (QED) is 0.733. The Labute approximate surface area is 106 Å². The number of ether oxygens (including phenoxy) is 1. The van der Waals surface area contributed by atoms with Crippen LogP contribution in [-0.2, 0) is 19.6 Å². The van der Waals surface area contributed by atoms with Gasteiger partial charge in [-0.15, -0.1) is 0 Å². The summed E-state index contributed by atoms with van der Waals surface area (Å²) in [5.41, 5.74) is -1.28. The molecule has 0 aliphatic carbocycles. The van der Waals surface area contributed by atoms with Gasteiger partial charge in [0.2, 0.25) is 0 Å². The van der Waals surface area contributed by atoms with Crippen LogP contribution in [0.5, 0.6) is 0 Å². The molecule has 18 heavy (non-hydrogen) atoms. The molecule has 0 saturated heterocycles. The fraction of sp³-hybridized carbons (Fsp3) is 0.600. The highest BCUT2D eigenvalue weighted by atomic mass is 32.2. The van der Waals surface area contributed by atoms with E-state index in [1.165, 1.54) is 26.3 Å². The smallest absolute Gasteiger partial charge is 0.326 e. The van der Waals surface area contributed by atoms with Crippen LogP contribution in [0.25, 0.3) is 0 Å². The molecule has 0 saturated carbocycles. The van der Waals surface area contributed by atoms with E-state index >= 15 is 0 Å². The molecule has 0 aliphatic heterocycles. The third-order valence-electron chi connectivity index (χ3n) is 2.51. The molecule has 1 rings (SSSR count). The van der Waals surface area contributed by atoms with Gasteiger partial charge in [-0.3, -0.25) is 9.89 Å². The summed E-state index contributed by atoms with van der Waals surface area (Å²) < 4.78 is 31.0. The van der Waals surface area contributed by atoms with Gasteiger partial charge >= 0.3 is 5.97 Å². The van der Waals surface area contributed by atoms with E-state index in [4.69, 9.17) is 0 Å². The summed E-state index contributed by atoms with van der Waals surface area (Å²) in [6, 6.07) is 1.31. The van der Waals surface area contributed by atoms with Gasteiger partial charge in [0, 0.05) is 0 Å². The molecule has 1 aromatic heterocycles. The Morgan fingerprint density at radius 1 is 1.61 bits per heavy atom. The molecule has 0 aliphatic rings. The van der Waals surface area contributed by atoms with Crippen molar-refractivity contribution in [2.24, 2.45) is 0 Å². The minimum atomic E-state index is -3.82. The summed E-state index contributed by atoms with van der Waals surface area (Å²) in [6.45, 7) is 3.35. The van der Waals surface area contributed by atoms with Gasteiger partial charge in [-0.25, -0.2) is 8.42 Å². The molecule has 0 spiro atoms. The third kappa shape index (κ3) is 3.08. The number of aromatic nitrogens is 2. The maximum absolute atomic E-state index is 12.0. The summed E-state index contributed by atoms with van der Waals surface area (Å²) in [4.78, 5) is 11.7. The minimum Gasteiger partial charge on any atom is -0.468 e. The van der Waals surface area contributed by atoms with Gasteiger partial charge in [-0.05, 0) is 19.4 Å². The number of sulfonamides is 1. The van der Waals surface area contributed by atoms with E-state index in [2.05, 4.69) is 19.7 Å². The number of nitrogens with one attached hydrogen (secondary N) is 2. The molecule has 0 amide bonds. The van der Waals surface area contributed by atoms with Crippen molar-refractivity contribution in [3.63, 3.8) is 0 Å². The van der Waals surface area contributed by atoms with Crippen molar-refractivity contribution < 1.29 is 17.9 Å². The highest BCUT2D eigenvalue weighted by Crippen LogP contribution is 2.18. The van der Waals surface area contributed by atoms with Gasteiger partial charge < -0.3 is 4.74 Å². The Morgan fingerprint density at radius 3 is 2.72 bits per heavy atom. The summed E-state index contributed by atoms with van der Waals surface area (Å²) in [7, 11) is -2.60. The second kappa shape index (κ2) is 5.49. The first-order chi connectivity index (χ1) is 8.35. The molecule has 102 valence electrons. The number of rotatable bonds is 6. The molecule has 0 aromatic carbocycles. The predicted molar refractivity (Wildman–Crippen MR) is 64.2 cm³/mol. The second-order valence-electron chi connectivity index (χ2n) is 4.10. The van der Waals surface area contributed by atoms with E-state index in [9.17, 15) is 13.2 Å². The first-order valence-corrected chi connectivity index (χ1v) is 6.96. The lowest BCUT2D eigenvalue weighted by molar-refractivity contribution is -0.147. The topological polar surface area (TPSA) is 101 Å². The van der Waals surface area contributed by atoms with Crippen LogP contribution in [-0.4, -0.2) is 37.2 Å². The molecule has 1 heterocycles. The summed E-state index contributed by atoms with van der Waals surface area (Å²) in [5, 5.41) is 5.83. The number of aromatic amines is 1. The molecule has 1 atom stereocenters. The second-order valence-corrected chi connectivity index (χ2v) is 5.75. The SMILES string of the molecule is CCCC(C)(NS(=O)(=O)c1ccn[nH]1)C(=O)OC. The van der Waals surface area contributed by atoms with Crippen LogP contribution in [0.15, 0.2) is 17.3 Å². The maximum atomic E-state index is 12.0. The average molecular weight is 275 g/mol. The Morgan fingerprint density at radius 2 is 2.28 bits per heavy atom. The lowest BCUT2D eigenvalue weighted by Gasteiger charge is -2.26. The van der Waals surface area contributed by atoms with E-state index in [-0.39, 0.29) is 5.03 Å². The fourth-order valence-corrected chi connectivity index (χ4v) is 2.97. The normalized spacial score (nSPS) is 15.1. The van der Waals surface area contributed by atoms with Crippen molar-refractivity contribution in [3.8, 4) is 0 Å². The number of nitrogens with zero attached hydrogens (tertiary/aromatic N) is 1. The van der Waals surface area contributed by atoms with Gasteiger partial charge in [0.15, 0.2) is 5.03 Å². The van der Waals surface area contributed by atoms with Crippen LogP contribution < -0.4 is 4.72 Å². The minimum absolute atomic E-state index is 0.0891. The van der Waals surface area contributed by atoms with E-state index in [1.54, 1.807) is 0 Å². The van der Waals surface area contributed by atoms with Gasteiger partial charge in [-0.1, -0.05) is 13.3 Å². The lowest BCUT2D eigenvalue weighted by atomic mass is 9.98. The van der Waals surface area contributed by atoms with Crippen LogP contribution in [0, 0.1) is 0 Å². The van der Waals surface area contributed by atoms with E-state index < -0.39 is 21.5 Å². The highest BCUT2D eigenvalue weighted by molar-refractivity contribution is 7.89. The van der Waals surface area contributed by atoms with Crippen molar-refractivity contribution in [2.45, 2.75) is 37.3 Å². The number of hydrogen-bond acceptors (Lipinski definition) is 5. The molecular weight excluding hydrogens is 258 g/mol. The highest BCUT2D eigenvalue weighted by Gasteiger charge is 2.38. The number of H-pyrrole nitrogens is 1. The number of hydrogen-bond donors (Lipinski definition) is 2. The molecule has 2 N–H and O–H groups in total. The van der Waals surface area contributed by atoms with Crippen molar-refractivity contribution in [1.82, 2.24) is 14.9 Å². The zero-order valence-corrected chi connectivity index (χ0v) is 11.4. The number of carbonyl (C=O) groups excluding carboxylic acids is 1. The summed E-state index contributed by atoms with van der Waals surface area (Å²) in [6.07, 6.45) is 2.30. The molecular formula is C10H17N3O4S. The molecule has 1 aromatic rings. The number of methoxy groups -OCH3 is 1. The Kier molecular flexibility index (Phi) is 4.47. The van der Waals surface area contributed by atoms with E-state index in [0.717, 1.165) is 0 Å². The van der Waals surface area contributed by atoms with E-state index in [0.29, 0.717) is 12.8 Å². The zero-order valence-electron chi connectivity index (χ0n) is 10.6. The first-order valence-electron chi connectivity index (χ1n) is 5.47. The van der Waals surface area contributed by atoms with Crippen LogP contribution in [0.3, 0.4) is 0 Å². The largest absolute Gasteiger partial charge is 0.468 e. The van der Waals surface area contributed by atoms with Gasteiger partial charge in [0.05, 0.1) is 13.3 Å². The zero-order chi connectivity index (χ0) is 13.8. The number of carbonyl (C=O) groups is 1. The first kappa shape index (κ1) is 14.7. The predicted octanol–water partition coefficient (Wildman–Crippen LogP) is 0.420. The molecule has 0 radical (unpaired) electrons. The maximum Gasteiger partial charge on any atom is 0.326 e. The summed E-state index contributed by atoms with van der Waals surface area (Å²) in [5.74, 6) is -0.618. The van der Waals surface area contributed by atoms with Crippen molar-refractivity contribution in [1.29, 1.82) is 0 Å². The van der Waals surface area contributed by atoms with Crippen LogP contribution in [0.2, 0.25) is 0 Å². The van der Waals surface area contributed by atoms with Crippen LogP contribution in [0.1, 0.15) is 26.7 Å². The number of esters is 1. The van der Waals surface area contributed by atoms with Crippen LogP contribution in [0.4, 0.5) is 0 Å². The monoisotopic (exact) mass is 275 g/mol. The summed E-state index contributed by atoms with van der Waals surface area (Å²) >= 11 is 0. The van der Waals surface area contributed by atoms with Crippen LogP contribution >= 0.6 is 0 Å². The molecule has 0 bridgehead atoms. The molecule has 8 heteroatoms. The Bertz CT molecular complexity index is 497. The third-order valence-corrected chi connectivity index (χ3v) is 4.04. The van der Waals surface area contributed by atoms with Crippen molar-refractivity contribution in [2.75, 3.05) is 7.11 Å². The standard InChI is InChI=1S/C10H17N3O4S/c1-4-6-10(2,9(14)17-3)13-18(15,16)8-5-7-11-12-8/h5,7,13H,4,6H2,1-3H3,(H,11,12). The molecule has 7 nitrogen and oxygen atoms in total. The Balaban J connectivity index is 3.01. The molecule has 1 unspecified atom stereocenters. The van der Waals surface area contributed by atoms with Gasteiger partial charge in [0.25, 0.3) is 10.0 Å². The Hall–Kier alpha value is -1.41. The average Bonchev–Trinajstić information content (AvgIpc) is 2.81. The lowest BCUT2D eigenvalue weighted by Crippen LogP contribution is -2.52. The van der Waals surface area contributed by atoms with Crippen molar-refractivity contribution >= 4 is 16.0 Å². The van der Waals surface area contributed by atoms with E-state index in [1.807, 2.05) is 6.92 Å². The van der Waals surface area contributed by atoms with Gasteiger partial charge in [-0.2, -0.15) is 9.82 Å². The van der Waals surface area contributed by atoms with Crippen molar-refractivity contribution in [3.05, 3.63) is 12.3 Å². The molecule has 0 fully saturated rings.